The molecule has 1 aliphatic rings. The van der Waals surface area contributed by atoms with E-state index < -0.39 is 0 Å². The van der Waals surface area contributed by atoms with Crippen molar-refractivity contribution in [3.8, 4) is 5.69 Å². The number of carbonyl (C=O) groups excluding carboxylic acids is 1. The quantitative estimate of drug-likeness (QED) is 0.659. The summed E-state index contributed by atoms with van der Waals surface area (Å²) in [5, 5.41) is 7.27. The lowest BCUT2D eigenvalue weighted by molar-refractivity contribution is 0.0933. The highest BCUT2D eigenvalue weighted by Crippen LogP contribution is 2.12. The average Bonchev–Trinajstić information content (AvgIpc) is 3.10. The first-order valence-electron chi connectivity index (χ1n) is 6.60. The van der Waals surface area contributed by atoms with Gasteiger partial charge in [0, 0.05) is 17.9 Å². The zero-order valence-electron chi connectivity index (χ0n) is 11.0. The van der Waals surface area contributed by atoms with Crippen molar-refractivity contribution in [2.45, 2.75) is 18.9 Å². The van der Waals surface area contributed by atoms with E-state index in [1.165, 1.54) is 0 Å². The third-order valence-corrected chi connectivity index (χ3v) is 3.32. The Morgan fingerprint density at radius 2 is 1.90 bits per heavy atom. The van der Waals surface area contributed by atoms with Gasteiger partial charge in [0.2, 0.25) is 0 Å². The molecule has 0 fully saturated rings. The molecule has 0 saturated carbocycles. The summed E-state index contributed by atoms with van der Waals surface area (Å²) in [5.41, 5.74) is 7.65. The summed E-state index contributed by atoms with van der Waals surface area (Å²) in [4.78, 5) is 12.1. The van der Waals surface area contributed by atoms with E-state index in [-0.39, 0.29) is 11.9 Å². The molecular weight excluding hydrogens is 252 g/mol. The predicted molar refractivity (Wildman–Crippen MR) is 77.6 cm³/mol. The van der Waals surface area contributed by atoms with Crippen LogP contribution in [-0.2, 0) is 0 Å². The molecule has 0 bridgehead atoms. The third kappa shape index (κ3) is 2.56. The first kappa shape index (κ1) is 12.5. The zero-order chi connectivity index (χ0) is 13.9. The maximum Gasteiger partial charge on any atom is 0.272 e. The van der Waals surface area contributed by atoms with Crippen LogP contribution in [0, 0.1) is 0 Å². The molecule has 1 heterocycles. The SMILES string of the molecule is Nc1ccc(-n2ccc(C(=O)NC3CC=CC3)n2)cc1. The minimum Gasteiger partial charge on any atom is -0.399 e. The number of nitrogens with one attached hydrogen (secondary N) is 1. The number of nitrogen functional groups attached to an aromatic ring is 1. The highest BCUT2D eigenvalue weighted by atomic mass is 16.2. The first-order valence-corrected chi connectivity index (χ1v) is 6.60. The highest BCUT2D eigenvalue weighted by molar-refractivity contribution is 5.92. The van der Waals surface area contributed by atoms with Crippen LogP contribution in [0.3, 0.4) is 0 Å². The van der Waals surface area contributed by atoms with Crippen LogP contribution < -0.4 is 11.1 Å². The van der Waals surface area contributed by atoms with E-state index in [9.17, 15) is 4.79 Å². The van der Waals surface area contributed by atoms with Crippen LogP contribution in [0.4, 0.5) is 5.69 Å². The zero-order valence-corrected chi connectivity index (χ0v) is 11.0. The van der Waals surface area contributed by atoms with Crippen LogP contribution in [0.5, 0.6) is 0 Å². The fourth-order valence-corrected chi connectivity index (χ4v) is 2.21. The minimum atomic E-state index is -0.132. The van der Waals surface area contributed by atoms with E-state index in [4.69, 9.17) is 5.73 Å². The molecule has 1 aromatic heterocycles. The predicted octanol–water partition coefficient (Wildman–Crippen LogP) is 1.90. The van der Waals surface area contributed by atoms with Crippen molar-refractivity contribution in [2.24, 2.45) is 0 Å². The summed E-state index contributed by atoms with van der Waals surface area (Å²) >= 11 is 0. The normalized spacial score (nSPS) is 14.6. The molecule has 3 rings (SSSR count). The molecular formula is C15H16N4O. The Bertz CT molecular complexity index is 634. The molecule has 3 N–H and O–H groups in total. The highest BCUT2D eigenvalue weighted by Gasteiger charge is 2.16. The van der Waals surface area contributed by atoms with Crippen LogP contribution in [0.2, 0.25) is 0 Å². The Balaban J connectivity index is 1.72. The fraction of sp³-hybridized carbons (Fsp3) is 0.200. The van der Waals surface area contributed by atoms with E-state index in [1.807, 2.05) is 12.1 Å². The van der Waals surface area contributed by atoms with Crippen LogP contribution in [0.15, 0.2) is 48.7 Å². The Labute approximate surface area is 117 Å². The van der Waals surface area contributed by atoms with Gasteiger partial charge in [-0.05, 0) is 43.2 Å². The second kappa shape index (κ2) is 5.21. The molecule has 5 heteroatoms. The maximum absolute atomic E-state index is 12.1. The van der Waals surface area contributed by atoms with Crippen molar-refractivity contribution >= 4 is 11.6 Å². The Morgan fingerprint density at radius 1 is 1.20 bits per heavy atom. The van der Waals surface area contributed by atoms with Crippen molar-refractivity contribution in [2.75, 3.05) is 5.73 Å². The number of benzene rings is 1. The van der Waals surface area contributed by atoms with Gasteiger partial charge in [-0.15, -0.1) is 0 Å². The largest absolute Gasteiger partial charge is 0.399 e. The molecule has 1 aromatic carbocycles. The lowest BCUT2D eigenvalue weighted by Gasteiger charge is -2.10. The molecule has 20 heavy (non-hydrogen) atoms. The van der Waals surface area contributed by atoms with Crippen molar-refractivity contribution in [1.29, 1.82) is 0 Å². The van der Waals surface area contributed by atoms with E-state index in [2.05, 4.69) is 22.6 Å². The molecule has 102 valence electrons. The summed E-state index contributed by atoms with van der Waals surface area (Å²) < 4.78 is 1.67. The number of carbonyl (C=O) groups is 1. The van der Waals surface area contributed by atoms with Gasteiger partial charge in [-0.3, -0.25) is 4.79 Å². The van der Waals surface area contributed by atoms with E-state index in [0.29, 0.717) is 11.4 Å². The number of rotatable bonds is 3. The molecule has 0 radical (unpaired) electrons. The first-order chi connectivity index (χ1) is 9.72. The number of hydrogen-bond acceptors (Lipinski definition) is 3. The topological polar surface area (TPSA) is 72.9 Å². The number of amides is 1. The fourth-order valence-electron chi connectivity index (χ4n) is 2.21. The van der Waals surface area contributed by atoms with Crippen molar-refractivity contribution in [3.63, 3.8) is 0 Å². The van der Waals surface area contributed by atoms with E-state index >= 15 is 0 Å². The van der Waals surface area contributed by atoms with Gasteiger partial charge < -0.3 is 11.1 Å². The van der Waals surface area contributed by atoms with E-state index in [0.717, 1.165) is 18.5 Å². The van der Waals surface area contributed by atoms with Gasteiger partial charge in [0.1, 0.15) is 0 Å². The molecule has 1 aliphatic carbocycles. The van der Waals surface area contributed by atoms with Gasteiger partial charge in [-0.25, -0.2) is 4.68 Å². The van der Waals surface area contributed by atoms with Crippen molar-refractivity contribution < 1.29 is 4.79 Å². The maximum atomic E-state index is 12.1. The Kier molecular flexibility index (Phi) is 3.25. The number of anilines is 1. The average molecular weight is 268 g/mol. The molecule has 0 saturated heterocycles. The van der Waals surface area contributed by atoms with Gasteiger partial charge >= 0.3 is 0 Å². The van der Waals surface area contributed by atoms with Gasteiger partial charge in [-0.1, -0.05) is 12.2 Å². The van der Waals surface area contributed by atoms with Crippen LogP contribution in [-0.4, -0.2) is 21.7 Å². The van der Waals surface area contributed by atoms with Crippen molar-refractivity contribution in [3.05, 3.63) is 54.4 Å². The van der Waals surface area contributed by atoms with Gasteiger partial charge in [-0.2, -0.15) is 5.10 Å². The lowest BCUT2D eigenvalue weighted by Crippen LogP contribution is -2.33. The van der Waals surface area contributed by atoms with Gasteiger partial charge in [0.25, 0.3) is 5.91 Å². The smallest absolute Gasteiger partial charge is 0.272 e. The molecule has 0 spiro atoms. The second-order valence-electron chi connectivity index (χ2n) is 4.85. The number of hydrogen-bond donors (Lipinski definition) is 2. The summed E-state index contributed by atoms with van der Waals surface area (Å²) in [6.07, 6.45) is 7.72. The summed E-state index contributed by atoms with van der Waals surface area (Å²) in [7, 11) is 0. The van der Waals surface area contributed by atoms with Crippen LogP contribution in [0.25, 0.3) is 5.69 Å². The molecule has 1 amide bonds. The number of aromatic nitrogens is 2. The van der Waals surface area contributed by atoms with E-state index in [1.54, 1.807) is 29.1 Å². The van der Waals surface area contributed by atoms with Gasteiger partial charge in [0.05, 0.1) is 5.69 Å². The summed E-state index contributed by atoms with van der Waals surface area (Å²) in [6.45, 7) is 0. The van der Waals surface area contributed by atoms with Gasteiger partial charge in [0.15, 0.2) is 5.69 Å². The molecule has 5 nitrogen and oxygen atoms in total. The standard InChI is InChI=1S/C15H16N4O/c16-11-5-7-13(8-6-11)19-10-9-14(18-19)15(20)17-12-3-1-2-4-12/h1-2,5-10,12H,3-4,16H2,(H,17,20). The molecule has 0 unspecified atom stereocenters. The Morgan fingerprint density at radius 3 is 2.60 bits per heavy atom. The molecule has 0 aliphatic heterocycles. The Hall–Kier alpha value is -2.56. The molecule has 2 aromatic rings. The summed E-state index contributed by atoms with van der Waals surface area (Å²) in [5.74, 6) is -0.132. The number of nitrogens with two attached hydrogens (primary N) is 1. The third-order valence-electron chi connectivity index (χ3n) is 3.32. The minimum absolute atomic E-state index is 0.132. The lowest BCUT2D eigenvalue weighted by atomic mass is 10.2. The number of nitrogens with zero attached hydrogens (tertiary/aromatic N) is 2. The van der Waals surface area contributed by atoms with Crippen LogP contribution in [0.1, 0.15) is 23.3 Å². The second-order valence-corrected chi connectivity index (χ2v) is 4.85. The summed E-state index contributed by atoms with van der Waals surface area (Å²) in [6, 6.07) is 9.26. The van der Waals surface area contributed by atoms with Crippen molar-refractivity contribution in [1.82, 2.24) is 15.1 Å². The molecule has 0 atom stereocenters. The van der Waals surface area contributed by atoms with Crippen LogP contribution >= 0.6 is 0 Å². The monoisotopic (exact) mass is 268 g/mol.